The van der Waals surface area contributed by atoms with Crippen LogP contribution in [0.15, 0.2) is 0 Å². The monoisotopic (exact) mass is 215 g/mol. The van der Waals surface area contributed by atoms with Gasteiger partial charge in [-0.25, -0.2) is 0 Å². The molecule has 0 aromatic carbocycles. The van der Waals surface area contributed by atoms with Gasteiger partial charge in [0.05, 0.1) is 5.60 Å². The Balaban J connectivity index is 4.31. The smallest absolute Gasteiger partial charge is 0.0825 e. The van der Waals surface area contributed by atoms with Gasteiger partial charge in [-0.1, -0.05) is 40.0 Å². The first kappa shape index (κ1) is 14.9. The molecule has 92 valence electrons. The highest BCUT2D eigenvalue weighted by molar-refractivity contribution is 4.90. The largest absolute Gasteiger partial charge is 0.377 e. The lowest BCUT2D eigenvalue weighted by Gasteiger charge is -2.38. The zero-order chi connectivity index (χ0) is 11.7. The Bertz CT molecular complexity index is 135. The predicted octanol–water partition coefficient (Wildman–Crippen LogP) is 3.36. The molecule has 0 fully saturated rings. The second kappa shape index (κ2) is 8.12. The fraction of sp³-hybridized carbons (Fsp3) is 1.00. The van der Waals surface area contributed by atoms with Gasteiger partial charge in [0.1, 0.15) is 0 Å². The van der Waals surface area contributed by atoms with E-state index in [1.54, 1.807) is 0 Å². The minimum Gasteiger partial charge on any atom is -0.377 e. The van der Waals surface area contributed by atoms with Crippen LogP contribution in [0.1, 0.15) is 59.3 Å². The van der Waals surface area contributed by atoms with E-state index in [1.807, 2.05) is 7.11 Å². The van der Waals surface area contributed by atoms with Crippen molar-refractivity contribution in [3.05, 3.63) is 0 Å². The summed E-state index contributed by atoms with van der Waals surface area (Å²) in [6.07, 6.45) is 7.29. The third-order valence-electron chi connectivity index (χ3n) is 3.68. The molecule has 0 rings (SSSR count). The van der Waals surface area contributed by atoms with Crippen LogP contribution < -0.4 is 5.32 Å². The van der Waals surface area contributed by atoms with Crippen LogP contribution in [0.5, 0.6) is 0 Å². The molecular formula is C13H29NO. The minimum atomic E-state index is 0.0302. The van der Waals surface area contributed by atoms with Gasteiger partial charge in [-0.05, 0) is 26.3 Å². The summed E-state index contributed by atoms with van der Waals surface area (Å²) < 4.78 is 5.76. The van der Waals surface area contributed by atoms with Crippen LogP contribution in [0.3, 0.4) is 0 Å². The number of nitrogens with one attached hydrogen (secondary N) is 1. The van der Waals surface area contributed by atoms with Crippen molar-refractivity contribution in [3.63, 3.8) is 0 Å². The van der Waals surface area contributed by atoms with Gasteiger partial charge < -0.3 is 10.1 Å². The van der Waals surface area contributed by atoms with E-state index < -0.39 is 0 Å². The molecule has 1 unspecified atom stereocenters. The number of methoxy groups -OCH3 is 1. The van der Waals surface area contributed by atoms with Crippen LogP contribution in [0.2, 0.25) is 0 Å². The molecule has 0 radical (unpaired) electrons. The standard InChI is InChI=1S/C13H29NO/c1-6-9-10-11-12(14-4)13(7-2,8-3)15-5/h12,14H,6-11H2,1-5H3. The third kappa shape index (κ3) is 4.12. The van der Waals surface area contributed by atoms with Gasteiger partial charge >= 0.3 is 0 Å². The molecule has 0 heterocycles. The lowest BCUT2D eigenvalue weighted by molar-refractivity contribution is -0.0480. The zero-order valence-corrected chi connectivity index (χ0v) is 11.2. The summed E-state index contributed by atoms with van der Waals surface area (Å²) in [5.74, 6) is 0. The maximum absolute atomic E-state index is 5.76. The molecule has 0 bridgehead atoms. The molecule has 2 nitrogen and oxygen atoms in total. The van der Waals surface area contributed by atoms with E-state index in [0.29, 0.717) is 6.04 Å². The van der Waals surface area contributed by atoms with Crippen molar-refractivity contribution in [2.24, 2.45) is 0 Å². The molecule has 0 spiro atoms. The van der Waals surface area contributed by atoms with E-state index in [2.05, 4.69) is 33.1 Å². The highest BCUT2D eigenvalue weighted by Gasteiger charge is 2.34. The Kier molecular flexibility index (Phi) is 8.07. The van der Waals surface area contributed by atoms with Crippen molar-refractivity contribution >= 4 is 0 Å². The van der Waals surface area contributed by atoms with Crippen LogP contribution in [-0.4, -0.2) is 25.8 Å². The molecular weight excluding hydrogens is 186 g/mol. The third-order valence-corrected chi connectivity index (χ3v) is 3.68. The molecule has 0 saturated heterocycles. The van der Waals surface area contributed by atoms with Crippen molar-refractivity contribution < 1.29 is 4.74 Å². The van der Waals surface area contributed by atoms with Crippen molar-refractivity contribution in [1.29, 1.82) is 0 Å². The normalized spacial score (nSPS) is 14.2. The van der Waals surface area contributed by atoms with E-state index in [0.717, 1.165) is 12.8 Å². The summed E-state index contributed by atoms with van der Waals surface area (Å²) in [7, 11) is 3.90. The number of hydrogen-bond acceptors (Lipinski definition) is 2. The summed E-state index contributed by atoms with van der Waals surface area (Å²) in [6, 6.07) is 0.490. The van der Waals surface area contributed by atoms with Gasteiger partial charge in [0.25, 0.3) is 0 Å². The molecule has 1 atom stereocenters. The van der Waals surface area contributed by atoms with Gasteiger partial charge in [0, 0.05) is 13.2 Å². The maximum atomic E-state index is 5.76. The predicted molar refractivity (Wildman–Crippen MR) is 67.3 cm³/mol. The molecule has 0 aliphatic heterocycles. The molecule has 15 heavy (non-hydrogen) atoms. The molecule has 0 aliphatic rings. The fourth-order valence-corrected chi connectivity index (χ4v) is 2.44. The summed E-state index contributed by atoms with van der Waals surface area (Å²) in [4.78, 5) is 0. The average Bonchev–Trinajstić information content (AvgIpc) is 2.29. The Labute approximate surface area is 95.8 Å². The minimum absolute atomic E-state index is 0.0302. The molecule has 0 aliphatic carbocycles. The summed E-state index contributed by atoms with van der Waals surface area (Å²) >= 11 is 0. The Morgan fingerprint density at radius 1 is 1.13 bits per heavy atom. The van der Waals surface area contributed by atoms with Crippen molar-refractivity contribution in [2.45, 2.75) is 70.9 Å². The lowest BCUT2D eigenvalue weighted by atomic mass is 9.85. The molecule has 0 aromatic rings. The second-order valence-electron chi connectivity index (χ2n) is 4.31. The average molecular weight is 215 g/mol. The molecule has 0 amide bonds. The zero-order valence-electron chi connectivity index (χ0n) is 11.2. The van der Waals surface area contributed by atoms with Crippen LogP contribution >= 0.6 is 0 Å². The highest BCUT2D eigenvalue weighted by Crippen LogP contribution is 2.27. The van der Waals surface area contributed by atoms with Crippen molar-refractivity contribution in [2.75, 3.05) is 14.2 Å². The van der Waals surface area contributed by atoms with Crippen LogP contribution in [0.4, 0.5) is 0 Å². The van der Waals surface area contributed by atoms with Crippen LogP contribution in [0, 0.1) is 0 Å². The Morgan fingerprint density at radius 2 is 1.73 bits per heavy atom. The number of hydrogen-bond donors (Lipinski definition) is 1. The van der Waals surface area contributed by atoms with E-state index in [9.17, 15) is 0 Å². The summed E-state index contributed by atoms with van der Waals surface area (Å²) in [5, 5.41) is 3.43. The summed E-state index contributed by atoms with van der Waals surface area (Å²) in [5.41, 5.74) is 0.0302. The Morgan fingerprint density at radius 3 is 2.07 bits per heavy atom. The number of unbranched alkanes of at least 4 members (excludes halogenated alkanes) is 2. The van der Waals surface area contributed by atoms with Gasteiger partial charge in [-0.2, -0.15) is 0 Å². The highest BCUT2D eigenvalue weighted by atomic mass is 16.5. The summed E-state index contributed by atoms with van der Waals surface area (Å²) in [6.45, 7) is 6.69. The number of ether oxygens (including phenoxy) is 1. The van der Waals surface area contributed by atoms with Crippen LogP contribution in [0.25, 0.3) is 0 Å². The second-order valence-corrected chi connectivity index (χ2v) is 4.31. The first-order valence-electron chi connectivity index (χ1n) is 6.43. The molecule has 0 saturated carbocycles. The molecule has 1 N–H and O–H groups in total. The molecule has 0 aromatic heterocycles. The SMILES string of the molecule is CCCCCC(NC)C(CC)(CC)OC. The van der Waals surface area contributed by atoms with E-state index in [1.165, 1.54) is 25.7 Å². The van der Waals surface area contributed by atoms with Gasteiger partial charge in [-0.3, -0.25) is 0 Å². The van der Waals surface area contributed by atoms with E-state index in [-0.39, 0.29) is 5.60 Å². The van der Waals surface area contributed by atoms with Crippen molar-refractivity contribution in [3.8, 4) is 0 Å². The lowest BCUT2D eigenvalue weighted by Crippen LogP contribution is -2.50. The first-order chi connectivity index (χ1) is 7.20. The van der Waals surface area contributed by atoms with Gasteiger partial charge in [-0.15, -0.1) is 0 Å². The Hall–Kier alpha value is -0.0800. The van der Waals surface area contributed by atoms with Crippen molar-refractivity contribution in [1.82, 2.24) is 5.32 Å². The molecule has 2 heteroatoms. The number of rotatable bonds is 9. The van der Waals surface area contributed by atoms with Crippen LogP contribution in [-0.2, 0) is 4.74 Å². The fourth-order valence-electron chi connectivity index (χ4n) is 2.44. The van der Waals surface area contributed by atoms with Gasteiger partial charge in [0.2, 0.25) is 0 Å². The first-order valence-corrected chi connectivity index (χ1v) is 6.43. The topological polar surface area (TPSA) is 21.3 Å². The van der Waals surface area contributed by atoms with E-state index >= 15 is 0 Å². The maximum Gasteiger partial charge on any atom is 0.0825 e. The quantitative estimate of drug-likeness (QED) is 0.595. The van der Waals surface area contributed by atoms with E-state index in [4.69, 9.17) is 4.74 Å². The van der Waals surface area contributed by atoms with Gasteiger partial charge in [0.15, 0.2) is 0 Å². The number of likely N-dealkylation sites (N-methyl/N-ethyl adjacent to an activating group) is 1.